The van der Waals surface area contributed by atoms with E-state index in [9.17, 15) is 14.7 Å². The van der Waals surface area contributed by atoms with Gasteiger partial charge in [-0.15, -0.1) is 0 Å². The fourth-order valence-corrected chi connectivity index (χ4v) is 5.30. The van der Waals surface area contributed by atoms with Gasteiger partial charge in [-0.1, -0.05) is 91.8 Å². The predicted octanol–water partition coefficient (Wildman–Crippen LogP) is 8.43. The van der Waals surface area contributed by atoms with Crippen LogP contribution in [0.5, 0.6) is 5.75 Å². The van der Waals surface area contributed by atoms with E-state index in [-0.39, 0.29) is 22.2 Å². The van der Waals surface area contributed by atoms with Crippen LogP contribution in [0.2, 0.25) is 0 Å². The summed E-state index contributed by atoms with van der Waals surface area (Å²) < 4.78 is 5.87. The molecule has 0 saturated carbocycles. The van der Waals surface area contributed by atoms with Gasteiger partial charge in [-0.25, -0.2) is 0 Å². The van der Waals surface area contributed by atoms with Gasteiger partial charge >= 0.3 is 0 Å². The number of benzene rings is 3. The lowest BCUT2D eigenvalue weighted by Gasteiger charge is -2.27. The molecule has 216 valence electrons. The molecule has 0 spiro atoms. The standard InChI is InChI=1S/C36H43NO4/c1-10-41-29-20-15-25(21-28(29)36(7,8)9)32(38)30-31(24-11-16-26(17-12-24)35(4,5)6)37(34(40)33(30)39)27-18-13-23(14-19-27)22(2)3/h11-22,31,38H,10H2,1-9H3/b32-30-. The van der Waals surface area contributed by atoms with E-state index >= 15 is 0 Å². The van der Waals surface area contributed by atoms with Crippen molar-refractivity contribution in [3.8, 4) is 5.75 Å². The highest BCUT2D eigenvalue weighted by Crippen LogP contribution is 2.44. The minimum atomic E-state index is -0.779. The second-order valence-electron chi connectivity index (χ2n) is 13.2. The molecule has 4 rings (SSSR count). The van der Waals surface area contributed by atoms with Crippen molar-refractivity contribution in [1.82, 2.24) is 0 Å². The van der Waals surface area contributed by atoms with Gasteiger partial charge in [-0.3, -0.25) is 14.5 Å². The summed E-state index contributed by atoms with van der Waals surface area (Å²) in [7, 11) is 0. The number of aliphatic hydroxyl groups is 1. The summed E-state index contributed by atoms with van der Waals surface area (Å²) in [5, 5.41) is 11.8. The highest BCUT2D eigenvalue weighted by Gasteiger charge is 2.47. The molecule has 3 aromatic rings. The van der Waals surface area contributed by atoms with Gasteiger partial charge in [0.2, 0.25) is 0 Å². The summed E-state index contributed by atoms with van der Waals surface area (Å²) in [5.74, 6) is -0.487. The summed E-state index contributed by atoms with van der Waals surface area (Å²) in [6.45, 7) is 19.3. The van der Waals surface area contributed by atoms with E-state index < -0.39 is 17.7 Å². The Bertz CT molecular complexity index is 1470. The molecule has 0 aliphatic carbocycles. The van der Waals surface area contributed by atoms with Crippen LogP contribution < -0.4 is 9.64 Å². The van der Waals surface area contributed by atoms with Crippen LogP contribution in [0.3, 0.4) is 0 Å². The Balaban J connectivity index is 1.93. The molecule has 1 heterocycles. The molecule has 0 radical (unpaired) electrons. The number of carbonyl (C=O) groups is 2. The first-order chi connectivity index (χ1) is 19.1. The quantitative estimate of drug-likeness (QED) is 0.189. The lowest BCUT2D eigenvalue weighted by atomic mass is 9.84. The number of hydrogen-bond acceptors (Lipinski definition) is 4. The largest absolute Gasteiger partial charge is 0.507 e. The summed E-state index contributed by atoms with van der Waals surface area (Å²) >= 11 is 0. The number of ketones is 1. The van der Waals surface area contributed by atoms with Crippen molar-refractivity contribution in [3.05, 3.63) is 100 Å². The molecule has 1 saturated heterocycles. The SMILES string of the molecule is CCOc1ccc(/C(O)=C2/C(=O)C(=O)N(c3ccc(C(C)C)cc3)C2c2ccc(C(C)(C)C)cc2)cc1C(C)(C)C. The molecule has 1 atom stereocenters. The maximum atomic E-state index is 13.7. The molecule has 5 nitrogen and oxygen atoms in total. The van der Waals surface area contributed by atoms with Crippen molar-refractivity contribution in [2.45, 2.75) is 85.1 Å². The molecular formula is C36H43NO4. The molecule has 1 unspecified atom stereocenters. The minimum Gasteiger partial charge on any atom is -0.507 e. The topological polar surface area (TPSA) is 66.8 Å². The third-order valence-corrected chi connectivity index (χ3v) is 7.74. The number of hydrogen-bond donors (Lipinski definition) is 1. The Hall–Kier alpha value is -3.86. The predicted molar refractivity (Wildman–Crippen MR) is 167 cm³/mol. The van der Waals surface area contributed by atoms with E-state index in [0.717, 1.165) is 28.0 Å². The van der Waals surface area contributed by atoms with E-state index in [2.05, 4.69) is 55.4 Å². The van der Waals surface area contributed by atoms with Crippen molar-refractivity contribution < 1.29 is 19.4 Å². The molecule has 1 aliphatic rings. The highest BCUT2D eigenvalue weighted by atomic mass is 16.5. The molecule has 3 aromatic carbocycles. The molecular weight excluding hydrogens is 510 g/mol. The van der Waals surface area contributed by atoms with E-state index in [1.165, 1.54) is 4.90 Å². The van der Waals surface area contributed by atoms with Gasteiger partial charge in [-0.2, -0.15) is 0 Å². The highest BCUT2D eigenvalue weighted by molar-refractivity contribution is 6.51. The van der Waals surface area contributed by atoms with Crippen LogP contribution in [0.15, 0.2) is 72.3 Å². The van der Waals surface area contributed by atoms with Crippen LogP contribution >= 0.6 is 0 Å². The molecule has 1 N–H and O–H groups in total. The zero-order chi connectivity index (χ0) is 30.3. The monoisotopic (exact) mass is 553 g/mol. The van der Waals surface area contributed by atoms with Gasteiger partial charge in [0.05, 0.1) is 18.2 Å². The third kappa shape index (κ3) is 5.95. The molecule has 0 bridgehead atoms. The summed E-state index contributed by atoms with van der Waals surface area (Å²) in [5.41, 5.74) is 4.79. The van der Waals surface area contributed by atoms with E-state index in [1.807, 2.05) is 67.6 Å². The van der Waals surface area contributed by atoms with Crippen LogP contribution in [0.1, 0.15) is 102 Å². The Morgan fingerprint density at radius 1 is 0.878 bits per heavy atom. The lowest BCUT2D eigenvalue weighted by Crippen LogP contribution is -2.29. The maximum absolute atomic E-state index is 13.7. The molecule has 5 heteroatoms. The molecule has 41 heavy (non-hydrogen) atoms. The number of Topliss-reactive ketones (excluding diaryl/α,β-unsaturated/α-hetero) is 1. The summed E-state index contributed by atoms with van der Waals surface area (Å²) in [6.07, 6.45) is 0. The van der Waals surface area contributed by atoms with Gasteiger partial charge in [0.25, 0.3) is 11.7 Å². The Kier molecular flexibility index (Phi) is 8.22. The second-order valence-corrected chi connectivity index (χ2v) is 13.2. The van der Waals surface area contributed by atoms with Crippen LogP contribution in [-0.4, -0.2) is 23.4 Å². The first kappa shape index (κ1) is 30.1. The Labute approximate surface area is 244 Å². The number of aliphatic hydroxyl groups excluding tert-OH is 1. The van der Waals surface area contributed by atoms with Crippen molar-refractivity contribution in [1.29, 1.82) is 0 Å². The van der Waals surface area contributed by atoms with E-state index in [4.69, 9.17) is 4.74 Å². The van der Waals surface area contributed by atoms with Crippen LogP contribution in [0, 0.1) is 0 Å². The summed E-state index contributed by atoms with van der Waals surface area (Å²) in [6, 6.07) is 20.4. The fraction of sp³-hybridized carbons (Fsp3) is 0.389. The number of rotatable bonds is 6. The van der Waals surface area contributed by atoms with E-state index in [1.54, 1.807) is 6.07 Å². The molecule has 1 fully saturated rings. The molecule has 1 amide bonds. The molecule has 1 aliphatic heterocycles. The number of carbonyl (C=O) groups excluding carboxylic acids is 2. The lowest BCUT2D eigenvalue weighted by molar-refractivity contribution is -0.132. The first-order valence-electron chi connectivity index (χ1n) is 14.4. The average Bonchev–Trinajstić information content (AvgIpc) is 3.17. The Morgan fingerprint density at radius 3 is 2.00 bits per heavy atom. The smallest absolute Gasteiger partial charge is 0.300 e. The van der Waals surface area contributed by atoms with Crippen molar-refractivity contribution in [3.63, 3.8) is 0 Å². The van der Waals surface area contributed by atoms with Crippen molar-refractivity contribution in [2.75, 3.05) is 11.5 Å². The normalized spacial score (nSPS) is 17.4. The maximum Gasteiger partial charge on any atom is 0.300 e. The molecule has 0 aromatic heterocycles. The average molecular weight is 554 g/mol. The van der Waals surface area contributed by atoms with Crippen molar-refractivity contribution >= 4 is 23.1 Å². The van der Waals surface area contributed by atoms with Crippen LogP contribution in [-0.2, 0) is 20.4 Å². The number of anilines is 1. The Morgan fingerprint density at radius 2 is 1.49 bits per heavy atom. The van der Waals surface area contributed by atoms with Gasteiger partial charge < -0.3 is 9.84 Å². The van der Waals surface area contributed by atoms with E-state index in [0.29, 0.717) is 23.8 Å². The van der Waals surface area contributed by atoms with Crippen LogP contribution in [0.25, 0.3) is 5.76 Å². The van der Waals surface area contributed by atoms with Gasteiger partial charge in [-0.05, 0) is 70.7 Å². The second kappa shape index (κ2) is 11.2. The van der Waals surface area contributed by atoms with Gasteiger partial charge in [0.1, 0.15) is 11.5 Å². The number of amides is 1. The third-order valence-electron chi connectivity index (χ3n) is 7.74. The van der Waals surface area contributed by atoms with Gasteiger partial charge in [0.15, 0.2) is 0 Å². The van der Waals surface area contributed by atoms with Crippen LogP contribution in [0.4, 0.5) is 5.69 Å². The first-order valence-corrected chi connectivity index (χ1v) is 14.4. The number of ether oxygens (including phenoxy) is 1. The van der Waals surface area contributed by atoms with Gasteiger partial charge in [0, 0.05) is 16.8 Å². The summed E-state index contributed by atoms with van der Waals surface area (Å²) in [4.78, 5) is 28.9. The van der Waals surface area contributed by atoms with Crippen molar-refractivity contribution in [2.24, 2.45) is 0 Å². The minimum absolute atomic E-state index is 0.0569. The fourth-order valence-electron chi connectivity index (χ4n) is 5.30. The zero-order valence-corrected chi connectivity index (χ0v) is 25.8. The zero-order valence-electron chi connectivity index (χ0n) is 25.8. The number of nitrogens with zero attached hydrogens (tertiary/aromatic N) is 1.